The molecule has 2 atom stereocenters. The van der Waals surface area contributed by atoms with Crippen LogP contribution in [0.3, 0.4) is 0 Å². The predicted molar refractivity (Wildman–Crippen MR) is 120 cm³/mol. The number of hydrogen-bond acceptors (Lipinski definition) is 4. The molecule has 1 aliphatic heterocycles. The van der Waals surface area contributed by atoms with E-state index in [1.54, 1.807) is 12.1 Å². The zero-order valence-corrected chi connectivity index (χ0v) is 17.9. The fourth-order valence-electron chi connectivity index (χ4n) is 3.97. The quantitative estimate of drug-likeness (QED) is 0.488. The van der Waals surface area contributed by atoms with Gasteiger partial charge in [0.15, 0.2) is 11.7 Å². The van der Waals surface area contributed by atoms with Gasteiger partial charge in [0.25, 0.3) is 5.91 Å². The van der Waals surface area contributed by atoms with E-state index in [-0.39, 0.29) is 11.7 Å². The molecule has 8 nitrogen and oxygen atoms in total. The molecule has 0 bridgehead atoms. The number of imidazole rings is 1. The summed E-state index contributed by atoms with van der Waals surface area (Å²) in [6.45, 7) is 4.75. The highest BCUT2D eigenvalue weighted by Gasteiger charge is 2.28. The molecule has 1 fully saturated rings. The molecule has 0 spiro atoms. The second kappa shape index (κ2) is 9.51. The first-order chi connectivity index (χ1) is 15.1. The summed E-state index contributed by atoms with van der Waals surface area (Å²) in [6, 6.07) is 11.5. The third kappa shape index (κ3) is 4.96. The van der Waals surface area contributed by atoms with Crippen molar-refractivity contribution in [3.63, 3.8) is 0 Å². The van der Waals surface area contributed by atoms with Crippen LogP contribution in [0.5, 0.6) is 0 Å². The number of likely N-dealkylation sites (tertiary alicyclic amines) is 1. The summed E-state index contributed by atoms with van der Waals surface area (Å²) in [5.74, 6) is 1.48. The lowest BCUT2D eigenvalue weighted by Crippen LogP contribution is -2.48. The zero-order chi connectivity index (χ0) is 21.6. The molecule has 1 amide bonds. The smallest absolute Gasteiger partial charge is 0.291 e. The van der Waals surface area contributed by atoms with Gasteiger partial charge in [-0.25, -0.2) is 4.98 Å². The SMILES string of the molecule is CN=C(NCc1cccc(NC(=O)c2ccco2)c1)N1CCC(C)C(n2ccnc2)C1. The zero-order valence-electron chi connectivity index (χ0n) is 17.9. The van der Waals surface area contributed by atoms with Gasteiger partial charge < -0.3 is 24.5 Å². The van der Waals surface area contributed by atoms with E-state index in [4.69, 9.17) is 4.42 Å². The third-order valence-electron chi connectivity index (χ3n) is 5.72. The van der Waals surface area contributed by atoms with Gasteiger partial charge in [-0.3, -0.25) is 9.79 Å². The monoisotopic (exact) mass is 420 g/mol. The number of aromatic nitrogens is 2. The Morgan fingerprint density at radius 1 is 1.32 bits per heavy atom. The number of rotatable bonds is 5. The first kappa shape index (κ1) is 20.7. The van der Waals surface area contributed by atoms with Gasteiger partial charge in [-0.1, -0.05) is 19.1 Å². The Morgan fingerprint density at radius 3 is 2.97 bits per heavy atom. The first-order valence-electron chi connectivity index (χ1n) is 10.5. The second-order valence-corrected chi connectivity index (χ2v) is 7.82. The molecule has 2 aromatic heterocycles. The molecular weight excluding hydrogens is 392 g/mol. The molecule has 1 aliphatic rings. The summed E-state index contributed by atoms with van der Waals surface area (Å²) in [4.78, 5) is 23.2. The van der Waals surface area contributed by atoms with Crippen LogP contribution in [0.4, 0.5) is 5.69 Å². The lowest BCUT2D eigenvalue weighted by Gasteiger charge is -2.39. The fraction of sp³-hybridized carbons (Fsp3) is 0.348. The molecule has 0 aliphatic carbocycles. The van der Waals surface area contributed by atoms with Crippen molar-refractivity contribution in [1.82, 2.24) is 19.8 Å². The van der Waals surface area contributed by atoms with Crippen molar-refractivity contribution in [3.05, 3.63) is 72.7 Å². The van der Waals surface area contributed by atoms with Crippen LogP contribution in [-0.2, 0) is 6.54 Å². The third-order valence-corrected chi connectivity index (χ3v) is 5.72. The Labute approximate surface area is 182 Å². The molecule has 2 unspecified atom stereocenters. The number of anilines is 1. The average Bonchev–Trinajstić information content (AvgIpc) is 3.50. The molecule has 0 radical (unpaired) electrons. The Bertz CT molecular complexity index is 1010. The fourth-order valence-corrected chi connectivity index (χ4v) is 3.97. The molecule has 8 heteroatoms. The maximum atomic E-state index is 12.2. The van der Waals surface area contributed by atoms with Gasteiger partial charge in [0.2, 0.25) is 0 Å². The summed E-state index contributed by atoms with van der Waals surface area (Å²) in [5, 5.41) is 6.33. The Hall–Kier alpha value is -3.55. The van der Waals surface area contributed by atoms with Gasteiger partial charge >= 0.3 is 0 Å². The summed E-state index contributed by atoms with van der Waals surface area (Å²) in [7, 11) is 1.81. The molecule has 3 heterocycles. The van der Waals surface area contributed by atoms with Crippen LogP contribution in [0.15, 0.2) is 70.8 Å². The highest BCUT2D eigenvalue weighted by atomic mass is 16.3. The van der Waals surface area contributed by atoms with Crippen LogP contribution in [0, 0.1) is 5.92 Å². The standard InChI is InChI=1S/C23H28N6O2/c1-17-8-10-28(15-20(17)29-11-9-25-16-29)23(24-2)26-14-18-5-3-6-19(13-18)27-22(30)21-7-4-12-31-21/h3-7,9,11-13,16-17,20H,8,10,14-15H2,1-2H3,(H,24,26)(H,27,30). The number of aliphatic imine (C=N–C) groups is 1. The van der Waals surface area contributed by atoms with Gasteiger partial charge in [-0.2, -0.15) is 0 Å². The number of benzene rings is 1. The maximum Gasteiger partial charge on any atom is 0.291 e. The number of nitrogens with zero attached hydrogens (tertiary/aromatic N) is 4. The average molecular weight is 421 g/mol. The van der Waals surface area contributed by atoms with Gasteiger partial charge in [-0.15, -0.1) is 0 Å². The van der Waals surface area contributed by atoms with E-state index in [0.717, 1.165) is 36.7 Å². The number of carbonyl (C=O) groups excluding carboxylic acids is 1. The predicted octanol–water partition coefficient (Wildman–Crippen LogP) is 3.39. The molecule has 0 saturated carbocycles. The molecule has 2 N–H and O–H groups in total. The van der Waals surface area contributed by atoms with Gasteiger partial charge in [0.05, 0.1) is 18.6 Å². The molecule has 31 heavy (non-hydrogen) atoms. The van der Waals surface area contributed by atoms with E-state index in [1.807, 2.05) is 50.0 Å². The summed E-state index contributed by atoms with van der Waals surface area (Å²) >= 11 is 0. The van der Waals surface area contributed by atoms with Crippen molar-refractivity contribution in [1.29, 1.82) is 0 Å². The van der Waals surface area contributed by atoms with E-state index in [1.165, 1.54) is 6.26 Å². The van der Waals surface area contributed by atoms with Crippen molar-refractivity contribution < 1.29 is 9.21 Å². The van der Waals surface area contributed by atoms with Crippen molar-refractivity contribution in [2.45, 2.75) is 25.9 Å². The number of piperidine rings is 1. The number of amides is 1. The molecule has 162 valence electrons. The Morgan fingerprint density at radius 2 is 2.23 bits per heavy atom. The van der Waals surface area contributed by atoms with E-state index < -0.39 is 0 Å². The normalized spacial score (nSPS) is 19.3. The Balaban J connectivity index is 1.37. The van der Waals surface area contributed by atoms with Crippen molar-refractivity contribution in [2.75, 3.05) is 25.5 Å². The second-order valence-electron chi connectivity index (χ2n) is 7.82. The molecule has 3 aromatic rings. The van der Waals surface area contributed by atoms with Crippen LogP contribution in [0.25, 0.3) is 0 Å². The molecular formula is C23H28N6O2. The van der Waals surface area contributed by atoms with Gasteiger partial charge in [0.1, 0.15) is 0 Å². The lowest BCUT2D eigenvalue weighted by molar-refractivity contribution is 0.0996. The summed E-state index contributed by atoms with van der Waals surface area (Å²) < 4.78 is 7.34. The summed E-state index contributed by atoms with van der Waals surface area (Å²) in [5.41, 5.74) is 1.78. The van der Waals surface area contributed by atoms with Crippen molar-refractivity contribution in [2.24, 2.45) is 10.9 Å². The number of hydrogen-bond donors (Lipinski definition) is 2. The van der Waals surface area contributed by atoms with Crippen molar-refractivity contribution in [3.8, 4) is 0 Å². The minimum Gasteiger partial charge on any atom is -0.459 e. The molecule has 4 rings (SSSR count). The highest BCUT2D eigenvalue weighted by Crippen LogP contribution is 2.27. The molecule has 1 aromatic carbocycles. The number of nitrogens with one attached hydrogen (secondary N) is 2. The van der Waals surface area contributed by atoms with Crippen molar-refractivity contribution >= 4 is 17.6 Å². The highest BCUT2D eigenvalue weighted by molar-refractivity contribution is 6.02. The van der Waals surface area contributed by atoms with Gasteiger partial charge in [-0.05, 0) is 42.2 Å². The lowest BCUT2D eigenvalue weighted by atomic mass is 9.93. The van der Waals surface area contributed by atoms with E-state index >= 15 is 0 Å². The van der Waals surface area contributed by atoms with Crippen LogP contribution in [0.1, 0.15) is 35.5 Å². The Kier molecular flexibility index (Phi) is 6.35. The van der Waals surface area contributed by atoms with E-state index in [0.29, 0.717) is 18.5 Å². The minimum absolute atomic E-state index is 0.265. The first-order valence-corrected chi connectivity index (χ1v) is 10.5. The molecule has 1 saturated heterocycles. The number of carbonyl (C=O) groups is 1. The van der Waals surface area contributed by atoms with Crippen LogP contribution in [-0.4, -0.2) is 46.5 Å². The number of guanidine groups is 1. The number of furan rings is 1. The van der Waals surface area contributed by atoms with E-state index in [9.17, 15) is 4.79 Å². The van der Waals surface area contributed by atoms with Crippen LogP contribution < -0.4 is 10.6 Å². The maximum absolute atomic E-state index is 12.2. The van der Waals surface area contributed by atoms with E-state index in [2.05, 4.69) is 37.0 Å². The van der Waals surface area contributed by atoms with Gasteiger partial charge in [0, 0.05) is 44.8 Å². The summed E-state index contributed by atoms with van der Waals surface area (Å²) in [6.07, 6.45) is 8.33. The van der Waals surface area contributed by atoms with Crippen LogP contribution in [0.2, 0.25) is 0 Å². The largest absolute Gasteiger partial charge is 0.459 e. The van der Waals surface area contributed by atoms with Crippen LogP contribution >= 0.6 is 0 Å². The topological polar surface area (TPSA) is 87.7 Å². The minimum atomic E-state index is -0.265.